The lowest BCUT2D eigenvalue weighted by Crippen LogP contribution is -2.56. The molecule has 2 aromatic rings. The van der Waals surface area contributed by atoms with Crippen LogP contribution in [0.25, 0.3) is 0 Å². The highest BCUT2D eigenvalue weighted by Gasteiger charge is 2.49. The van der Waals surface area contributed by atoms with Crippen LogP contribution in [0.3, 0.4) is 0 Å². The second-order valence-electron chi connectivity index (χ2n) is 10.5. The van der Waals surface area contributed by atoms with Gasteiger partial charge in [0, 0.05) is 37.3 Å². The zero-order valence-electron chi connectivity index (χ0n) is 19.8. The summed E-state index contributed by atoms with van der Waals surface area (Å²) in [6.07, 6.45) is 5.11. The molecule has 34 heavy (non-hydrogen) atoms. The van der Waals surface area contributed by atoms with Gasteiger partial charge in [0.05, 0.1) is 19.3 Å². The largest absolute Gasteiger partial charge is 0.378 e. The van der Waals surface area contributed by atoms with Crippen molar-refractivity contribution in [3.05, 3.63) is 59.8 Å². The first-order chi connectivity index (χ1) is 16.7. The van der Waals surface area contributed by atoms with Crippen LogP contribution in [0.2, 0.25) is 0 Å². The number of aromatic nitrogens is 1. The maximum atomic E-state index is 13.0. The quantitative estimate of drug-likeness (QED) is 0.650. The highest BCUT2D eigenvalue weighted by atomic mass is 16.5. The number of anilines is 1. The van der Waals surface area contributed by atoms with Crippen LogP contribution in [0.5, 0.6) is 0 Å². The second-order valence-corrected chi connectivity index (χ2v) is 10.5. The molecule has 4 fully saturated rings. The number of piperidine rings is 1. The molecule has 3 saturated heterocycles. The second kappa shape index (κ2) is 9.29. The zero-order chi connectivity index (χ0) is 23.1. The van der Waals surface area contributed by atoms with Crippen LogP contribution >= 0.6 is 0 Å². The summed E-state index contributed by atoms with van der Waals surface area (Å²) in [5, 5.41) is 3.40. The first kappa shape index (κ1) is 22.0. The molecule has 1 aromatic heterocycles. The molecule has 6 rings (SSSR count). The first-order valence-corrected chi connectivity index (χ1v) is 12.8. The van der Waals surface area contributed by atoms with Gasteiger partial charge in [-0.3, -0.25) is 10.2 Å². The number of fused-ring (bicyclic) bond motifs is 2. The minimum atomic E-state index is 0.0374. The number of benzene rings is 1. The molecule has 180 valence electrons. The van der Waals surface area contributed by atoms with E-state index >= 15 is 0 Å². The molecule has 1 aromatic carbocycles. The number of ether oxygens (including phenoxy) is 1. The van der Waals surface area contributed by atoms with Crippen molar-refractivity contribution < 1.29 is 9.53 Å². The number of hydrazine groups is 1. The van der Waals surface area contributed by atoms with Crippen LogP contribution in [0.1, 0.15) is 49.3 Å². The van der Waals surface area contributed by atoms with Crippen molar-refractivity contribution >= 4 is 11.7 Å². The van der Waals surface area contributed by atoms with E-state index in [-0.39, 0.29) is 29.8 Å². The van der Waals surface area contributed by atoms with E-state index in [0.29, 0.717) is 17.9 Å². The van der Waals surface area contributed by atoms with E-state index in [4.69, 9.17) is 9.72 Å². The van der Waals surface area contributed by atoms with E-state index in [9.17, 15) is 4.79 Å². The van der Waals surface area contributed by atoms with Crippen molar-refractivity contribution in [1.82, 2.24) is 21.2 Å². The Morgan fingerprint density at radius 3 is 2.59 bits per heavy atom. The molecule has 7 nitrogen and oxygen atoms in total. The molecule has 0 bridgehead atoms. The molecule has 7 unspecified atom stereocenters. The first-order valence-electron chi connectivity index (χ1n) is 12.8. The fraction of sp³-hybridized carbons (Fsp3) is 0.556. The van der Waals surface area contributed by atoms with E-state index in [1.54, 1.807) is 0 Å². The number of pyridine rings is 1. The Morgan fingerprint density at radius 2 is 1.82 bits per heavy atom. The fourth-order valence-electron chi connectivity index (χ4n) is 6.63. The van der Waals surface area contributed by atoms with Gasteiger partial charge in [0.1, 0.15) is 5.82 Å². The van der Waals surface area contributed by atoms with Gasteiger partial charge in [-0.05, 0) is 54.2 Å². The Hall–Kier alpha value is -2.48. The SMILES string of the molecule is CC(c1ccccc1)C1CC2CC3C(CC2NC1=O)NNC3c1ccc(N2CCOCC2)nc1. The highest BCUT2D eigenvalue weighted by molar-refractivity contribution is 5.81. The van der Waals surface area contributed by atoms with Gasteiger partial charge in [0.2, 0.25) is 5.91 Å². The van der Waals surface area contributed by atoms with Gasteiger partial charge in [-0.2, -0.15) is 0 Å². The van der Waals surface area contributed by atoms with Crippen molar-refractivity contribution in [2.75, 3.05) is 31.2 Å². The lowest BCUT2D eigenvalue weighted by molar-refractivity contribution is -0.131. The number of nitrogens with zero attached hydrogens (tertiary/aromatic N) is 2. The number of hydrogen-bond acceptors (Lipinski definition) is 6. The van der Waals surface area contributed by atoms with Gasteiger partial charge in [-0.25, -0.2) is 10.4 Å². The lowest BCUT2D eigenvalue weighted by Gasteiger charge is -2.45. The van der Waals surface area contributed by atoms with Crippen LogP contribution in [0, 0.1) is 17.8 Å². The fourth-order valence-corrected chi connectivity index (χ4v) is 6.63. The molecule has 3 aliphatic heterocycles. The highest BCUT2D eigenvalue weighted by Crippen LogP contribution is 2.45. The number of carbonyl (C=O) groups is 1. The van der Waals surface area contributed by atoms with Gasteiger partial charge >= 0.3 is 0 Å². The predicted octanol–water partition coefficient (Wildman–Crippen LogP) is 2.77. The van der Waals surface area contributed by atoms with Gasteiger partial charge < -0.3 is 15.0 Å². The van der Waals surface area contributed by atoms with Gasteiger partial charge in [-0.15, -0.1) is 0 Å². The summed E-state index contributed by atoms with van der Waals surface area (Å²) in [4.78, 5) is 20.1. The Labute approximate surface area is 201 Å². The monoisotopic (exact) mass is 461 g/mol. The Kier molecular flexibility index (Phi) is 6.01. The molecule has 3 N–H and O–H groups in total. The summed E-state index contributed by atoms with van der Waals surface area (Å²) >= 11 is 0. The third kappa shape index (κ3) is 4.10. The lowest BCUT2D eigenvalue weighted by atomic mass is 9.66. The molecule has 7 atom stereocenters. The van der Waals surface area contributed by atoms with Crippen LogP contribution in [0.4, 0.5) is 5.82 Å². The van der Waals surface area contributed by atoms with Crippen molar-refractivity contribution in [3.8, 4) is 0 Å². The Bertz CT molecular complexity index is 994. The summed E-state index contributed by atoms with van der Waals surface area (Å²) in [5.74, 6) is 2.54. The summed E-state index contributed by atoms with van der Waals surface area (Å²) < 4.78 is 5.47. The van der Waals surface area contributed by atoms with Crippen molar-refractivity contribution in [2.45, 2.75) is 50.2 Å². The Morgan fingerprint density at radius 1 is 1.00 bits per heavy atom. The molecule has 0 radical (unpaired) electrons. The van der Waals surface area contributed by atoms with Gasteiger partial charge in [-0.1, -0.05) is 43.3 Å². The molecular weight excluding hydrogens is 426 g/mol. The average Bonchev–Trinajstić information content (AvgIpc) is 3.30. The number of morpholine rings is 1. The van der Waals surface area contributed by atoms with Gasteiger partial charge in [0.15, 0.2) is 0 Å². The van der Waals surface area contributed by atoms with Crippen molar-refractivity contribution in [3.63, 3.8) is 0 Å². The topological polar surface area (TPSA) is 78.5 Å². The van der Waals surface area contributed by atoms with Crippen molar-refractivity contribution in [2.24, 2.45) is 17.8 Å². The number of nitrogens with one attached hydrogen (secondary N) is 3. The van der Waals surface area contributed by atoms with Crippen LogP contribution in [0.15, 0.2) is 48.7 Å². The van der Waals surface area contributed by atoms with E-state index in [1.807, 2.05) is 12.3 Å². The summed E-state index contributed by atoms with van der Waals surface area (Å²) in [6.45, 7) is 5.54. The van der Waals surface area contributed by atoms with E-state index < -0.39 is 0 Å². The molecular formula is C27H35N5O2. The Balaban J connectivity index is 1.15. The zero-order valence-corrected chi connectivity index (χ0v) is 19.8. The van der Waals surface area contributed by atoms with E-state index in [0.717, 1.165) is 51.4 Å². The normalized spacial score (nSPS) is 34.1. The van der Waals surface area contributed by atoms with Crippen LogP contribution < -0.4 is 21.1 Å². The summed E-state index contributed by atoms with van der Waals surface area (Å²) in [7, 11) is 0. The molecule has 7 heteroatoms. The van der Waals surface area contributed by atoms with E-state index in [2.05, 4.69) is 64.4 Å². The minimum Gasteiger partial charge on any atom is -0.378 e. The molecule has 1 amide bonds. The summed E-state index contributed by atoms with van der Waals surface area (Å²) in [6, 6.07) is 15.7. The molecule has 4 heterocycles. The number of rotatable bonds is 4. The molecule has 1 aliphatic carbocycles. The third-order valence-corrected chi connectivity index (χ3v) is 8.64. The number of hydrogen-bond donors (Lipinski definition) is 3. The standard InChI is InChI=1S/C27H35N5O2/c1-17(18-5-3-2-4-6-18)21-13-20-14-22-24(15-23(20)29-27(21)33)30-31-26(22)19-7-8-25(28-16-19)32-9-11-34-12-10-32/h2-8,16-17,20-24,26,30-31H,9-15H2,1H3,(H,29,33). The summed E-state index contributed by atoms with van der Waals surface area (Å²) in [5.41, 5.74) is 9.59. The van der Waals surface area contributed by atoms with Crippen LogP contribution in [-0.2, 0) is 9.53 Å². The minimum absolute atomic E-state index is 0.0374. The molecule has 4 aliphatic rings. The average molecular weight is 462 g/mol. The predicted molar refractivity (Wildman–Crippen MR) is 131 cm³/mol. The van der Waals surface area contributed by atoms with E-state index in [1.165, 1.54) is 11.1 Å². The molecule has 1 saturated carbocycles. The smallest absolute Gasteiger partial charge is 0.223 e. The van der Waals surface area contributed by atoms with Gasteiger partial charge in [0.25, 0.3) is 0 Å². The third-order valence-electron chi connectivity index (χ3n) is 8.64. The van der Waals surface area contributed by atoms with Crippen LogP contribution in [-0.4, -0.2) is 49.3 Å². The van der Waals surface area contributed by atoms with Crippen molar-refractivity contribution in [1.29, 1.82) is 0 Å². The number of amides is 1. The number of carbonyl (C=O) groups excluding carboxylic acids is 1. The molecule has 0 spiro atoms. The maximum Gasteiger partial charge on any atom is 0.223 e. The maximum absolute atomic E-state index is 13.0.